The Balaban J connectivity index is 1.92. The summed E-state index contributed by atoms with van der Waals surface area (Å²) >= 11 is 0. The number of hydrogen-bond acceptors (Lipinski definition) is 3. The molecule has 0 aliphatic carbocycles. The van der Waals surface area contributed by atoms with Gasteiger partial charge in [0.1, 0.15) is 18.2 Å². The molecule has 2 aromatic rings. The second-order valence-corrected chi connectivity index (χ2v) is 4.06. The van der Waals surface area contributed by atoms with Crippen molar-refractivity contribution in [2.45, 2.75) is 6.42 Å². The lowest BCUT2D eigenvalue weighted by molar-refractivity contribution is 0.320. The molecule has 1 heterocycles. The van der Waals surface area contributed by atoms with Crippen molar-refractivity contribution in [2.75, 3.05) is 13.2 Å². The van der Waals surface area contributed by atoms with Gasteiger partial charge in [-0.15, -0.1) is 0 Å². The van der Waals surface area contributed by atoms with Crippen LogP contribution in [-0.2, 0) is 6.42 Å². The average Bonchev–Trinajstić information content (AvgIpc) is 2.47. The zero-order valence-electron chi connectivity index (χ0n) is 10.8. The number of rotatable bonds is 4. The first kappa shape index (κ1) is 14.0. The van der Waals surface area contributed by atoms with Gasteiger partial charge in [-0.1, -0.05) is 17.9 Å². The Morgan fingerprint density at radius 2 is 2.20 bits per heavy atom. The lowest BCUT2D eigenvalue weighted by atomic mass is 10.2. The maximum Gasteiger partial charge on any atom is 0.142 e. The molecule has 1 aromatic heterocycles. The van der Waals surface area contributed by atoms with E-state index in [1.54, 1.807) is 18.5 Å². The van der Waals surface area contributed by atoms with Gasteiger partial charge in [-0.2, -0.15) is 0 Å². The van der Waals surface area contributed by atoms with Crippen molar-refractivity contribution in [2.24, 2.45) is 0 Å². The molecule has 1 aromatic carbocycles. The summed E-state index contributed by atoms with van der Waals surface area (Å²) in [5, 5.41) is 8.57. The molecule has 3 nitrogen and oxygen atoms in total. The Labute approximate surface area is 117 Å². The van der Waals surface area contributed by atoms with E-state index >= 15 is 0 Å². The summed E-state index contributed by atoms with van der Waals surface area (Å²) in [7, 11) is 0. The lowest BCUT2D eigenvalue weighted by Crippen LogP contribution is -2.02. The first-order valence-electron chi connectivity index (χ1n) is 6.20. The van der Waals surface area contributed by atoms with Crippen LogP contribution < -0.4 is 4.74 Å². The number of hydrogen-bond donors (Lipinski definition) is 1. The average molecular weight is 271 g/mol. The summed E-state index contributed by atoms with van der Waals surface area (Å²) < 4.78 is 19.1. The van der Waals surface area contributed by atoms with Gasteiger partial charge in [0.25, 0.3) is 0 Å². The topological polar surface area (TPSA) is 42.4 Å². The second-order valence-electron chi connectivity index (χ2n) is 4.06. The largest absolute Gasteiger partial charge is 0.493 e. The van der Waals surface area contributed by atoms with Crippen LogP contribution in [0.15, 0.2) is 42.7 Å². The minimum atomic E-state index is -0.454. The Kier molecular flexibility index (Phi) is 5.10. The van der Waals surface area contributed by atoms with Crippen LogP contribution in [0.2, 0.25) is 0 Å². The van der Waals surface area contributed by atoms with E-state index in [1.165, 1.54) is 12.1 Å². The molecule has 0 bridgehead atoms. The molecular formula is C16H14FNO2. The molecule has 0 aliphatic rings. The van der Waals surface area contributed by atoms with Gasteiger partial charge < -0.3 is 9.84 Å². The Morgan fingerprint density at radius 3 is 2.90 bits per heavy atom. The van der Waals surface area contributed by atoms with Gasteiger partial charge in [0.05, 0.1) is 12.2 Å². The number of ether oxygens (including phenoxy) is 1. The van der Waals surface area contributed by atoms with Crippen molar-refractivity contribution < 1.29 is 14.2 Å². The van der Waals surface area contributed by atoms with Crippen LogP contribution in [0.5, 0.6) is 5.75 Å². The van der Waals surface area contributed by atoms with E-state index in [9.17, 15) is 4.39 Å². The Morgan fingerprint density at radius 1 is 1.30 bits per heavy atom. The number of benzene rings is 1. The lowest BCUT2D eigenvalue weighted by Gasteiger charge is -2.06. The fourth-order valence-corrected chi connectivity index (χ4v) is 1.65. The standard InChI is InChI=1S/C16H14FNO2/c17-16-11-15(6-5-14(16)4-2-9-19)20-10-7-13-3-1-8-18-12-13/h1,3,5-6,8,11-12,19H,7,9-10H2. The summed E-state index contributed by atoms with van der Waals surface area (Å²) in [4.78, 5) is 4.01. The van der Waals surface area contributed by atoms with E-state index in [2.05, 4.69) is 16.8 Å². The predicted octanol–water partition coefficient (Wildman–Crippen LogP) is 2.19. The monoisotopic (exact) mass is 271 g/mol. The van der Waals surface area contributed by atoms with Crippen LogP contribution in [0, 0.1) is 17.7 Å². The molecule has 4 heteroatoms. The van der Waals surface area contributed by atoms with Gasteiger partial charge in [0, 0.05) is 24.9 Å². The molecule has 0 atom stereocenters. The third-order valence-electron chi connectivity index (χ3n) is 2.62. The van der Waals surface area contributed by atoms with Crippen molar-refractivity contribution in [3.8, 4) is 17.6 Å². The van der Waals surface area contributed by atoms with Crippen LogP contribution in [-0.4, -0.2) is 23.3 Å². The van der Waals surface area contributed by atoms with Crippen LogP contribution >= 0.6 is 0 Å². The van der Waals surface area contributed by atoms with Gasteiger partial charge in [-0.3, -0.25) is 4.98 Å². The number of pyridine rings is 1. The van der Waals surface area contributed by atoms with Crippen LogP contribution in [0.3, 0.4) is 0 Å². The third kappa shape index (κ3) is 4.08. The van der Waals surface area contributed by atoms with Gasteiger partial charge >= 0.3 is 0 Å². The predicted molar refractivity (Wildman–Crippen MR) is 73.8 cm³/mol. The summed E-state index contributed by atoms with van der Waals surface area (Å²) in [5.74, 6) is 4.95. The summed E-state index contributed by atoms with van der Waals surface area (Å²) in [5.41, 5.74) is 1.32. The molecular weight excluding hydrogens is 257 g/mol. The molecule has 0 amide bonds. The number of halogens is 1. The molecule has 0 unspecified atom stereocenters. The van der Waals surface area contributed by atoms with Gasteiger partial charge in [-0.05, 0) is 23.8 Å². The summed E-state index contributed by atoms with van der Waals surface area (Å²) in [6, 6.07) is 8.32. The number of nitrogens with zero attached hydrogens (tertiary/aromatic N) is 1. The second kappa shape index (κ2) is 7.27. The summed E-state index contributed by atoms with van der Waals surface area (Å²) in [6.45, 7) is 0.162. The molecule has 0 radical (unpaired) electrons. The van der Waals surface area contributed by atoms with Crippen LogP contribution in [0.4, 0.5) is 4.39 Å². The zero-order valence-corrected chi connectivity index (χ0v) is 10.8. The third-order valence-corrected chi connectivity index (χ3v) is 2.62. The van der Waals surface area contributed by atoms with E-state index in [4.69, 9.17) is 9.84 Å². The van der Waals surface area contributed by atoms with Gasteiger partial charge in [0.2, 0.25) is 0 Å². The number of aliphatic hydroxyl groups excluding tert-OH is 1. The first-order valence-corrected chi connectivity index (χ1v) is 6.20. The fourth-order valence-electron chi connectivity index (χ4n) is 1.65. The zero-order chi connectivity index (χ0) is 14.2. The van der Waals surface area contributed by atoms with E-state index in [0.717, 1.165) is 5.56 Å². The smallest absolute Gasteiger partial charge is 0.142 e. The van der Waals surface area contributed by atoms with E-state index < -0.39 is 5.82 Å². The van der Waals surface area contributed by atoms with Crippen LogP contribution in [0.1, 0.15) is 11.1 Å². The molecule has 0 aliphatic heterocycles. The number of aromatic nitrogens is 1. The molecule has 20 heavy (non-hydrogen) atoms. The molecule has 0 fully saturated rings. The molecule has 2 rings (SSSR count). The highest BCUT2D eigenvalue weighted by molar-refractivity contribution is 5.39. The molecule has 0 saturated heterocycles. The van der Waals surface area contributed by atoms with Crippen molar-refractivity contribution in [1.82, 2.24) is 4.98 Å². The highest BCUT2D eigenvalue weighted by atomic mass is 19.1. The SMILES string of the molecule is OCC#Cc1ccc(OCCc2cccnc2)cc1F. The fraction of sp³-hybridized carbons (Fsp3) is 0.188. The number of aliphatic hydroxyl groups is 1. The van der Waals surface area contributed by atoms with E-state index in [0.29, 0.717) is 18.8 Å². The molecule has 102 valence electrons. The van der Waals surface area contributed by atoms with Crippen molar-refractivity contribution >= 4 is 0 Å². The highest BCUT2D eigenvalue weighted by Gasteiger charge is 2.02. The van der Waals surface area contributed by atoms with Crippen molar-refractivity contribution in [3.63, 3.8) is 0 Å². The minimum Gasteiger partial charge on any atom is -0.493 e. The quantitative estimate of drug-likeness (QED) is 0.867. The van der Waals surface area contributed by atoms with Crippen LogP contribution in [0.25, 0.3) is 0 Å². The van der Waals surface area contributed by atoms with E-state index in [1.807, 2.05) is 12.1 Å². The highest BCUT2D eigenvalue weighted by Crippen LogP contribution is 2.16. The first-order chi connectivity index (χ1) is 9.79. The maximum absolute atomic E-state index is 13.6. The molecule has 1 N–H and O–H groups in total. The van der Waals surface area contributed by atoms with Crippen molar-refractivity contribution in [1.29, 1.82) is 0 Å². The van der Waals surface area contributed by atoms with E-state index in [-0.39, 0.29) is 12.2 Å². The Bertz CT molecular complexity index is 617. The molecule has 0 saturated carbocycles. The summed E-state index contributed by atoms with van der Waals surface area (Å²) in [6.07, 6.45) is 4.20. The Hall–Kier alpha value is -2.38. The normalized spacial score (nSPS) is 9.70. The minimum absolute atomic E-state index is 0.249. The molecule has 0 spiro atoms. The van der Waals surface area contributed by atoms with Gasteiger partial charge in [0.15, 0.2) is 0 Å². The van der Waals surface area contributed by atoms with Crippen molar-refractivity contribution in [3.05, 3.63) is 59.7 Å². The van der Waals surface area contributed by atoms with Gasteiger partial charge in [-0.25, -0.2) is 4.39 Å². The maximum atomic E-state index is 13.6.